The van der Waals surface area contributed by atoms with E-state index in [1.54, 1.807) is 0 Å². The van der Waals surface area contributed by atoms with E-state index in [0.717, 1.165) is 0 Å². The molecule has 0 atom stereocenters. The first-order chi connectivity index (χ1) is 3.41. The van der Waals surface area contributed by atoms with Crippen LogP contribution in [0, 0.1) is 0 Å². The van der Waals surface area contributed by atoms with Gasteiger partial charge >= 0.3 is 0 Å². The van der Waals surface area contributed by atoms with E-state index in [1.165, 1.54) is 7.11 Å². The molecule has 0 bridgehead atoms. The number of methoxy groups -OCH3 is 1. The van der Waals surface area contributed by atoms with Crippen LogP contribution in [0.1, 0.15) is 0 Å². The quantitative estimate of drug-likeness (QED) is 0.391. The molecule has 0 aromatic heterocycles. The van der Waals surface area contributed by atoms with Gasteiger partial charge in [0.05, 0.1) is 13.2 Å². The molecule has 0 aromatic rings. The van der Waals surface area contributed by atoms with Crippen molar-refractivity contribution in [2.75, 3.05) is 27.1 Å². The minimum absolute atomic E-state index is 0.0589. The second kappa shape index (κ2) is 5.88. The van der Waals surface area contributed by atoms with Crippen molar-refractivity contribution < 1.29 is 14.6 Å². The highest BCUT2D eigenvalue weighted by molar-refractivity contribution is 4.16. The van der Waals surface area contributed by atoms with Gasteiger partial charge in [-0.25, -0.2) is 0 Å². The number of aliphatic hydroxyl groups is 1. The monoisotopic (exact) mass is 106 g/mol. The van der Waals surface area contributed by atoms with Crippen molar-refractivity contribution in [2.45, 2.75) is 0 Å². The van der Waals surface area contributed by atoms with Crippen LogP contribution in [0.4, 0.5) is 0 Å². The van der Waals surface area contributed by atoms with Crippen molar-refractivity contribution in [2.24, 2.45) is 0 Å². The third-order valence-corrected chi connectivity index (χ3v) is 0.437. The van der Waals surface area contributed by atoms with Crippen LogP contribution in [-0.2, 0) is 9.47 Å². The number of hydrogen-bond donors (Lipinski definition) is 1. The molecule has 0 saturated heterocycles. The molecule has 0 rings (SSSR count). The van der Waals surface area contributed by atoms with E-state index in [-0.39, 0.29) is 13.4 Å². The zero-order chi connectivity index (χ0) is 5.54. The van der Waals surface area contributed by atoms with E-state index in [2.05, 4.69) is 9.47 Å². The third-order valence-electron chi connectivity index (χ3n) is 0.437. The van der Waals surface area contributed by atoms with Crippen molar-refractivity contribution in [3.05, 3.63) is 0 Å². The van der Waals surface area contributed by atoms with E-state index >= 15 is 0 Å². The minimum Gasteiger partial charge on any atom is -0.394 e. The Bertz CT molecular complexity index is 26.1. The van der Waals surface area contributed by atoms with Gasteiger partial charge < -0.3 is 14.6 Å². The maximum Gasteiger partial charge on any atom is 0.146 e. The Morgan fingerprint density at radius 2 is 2.29 bits per heavy atom. The summed E-state index contributed by atoms with van der Waals surface area (Å²) in [5.41, 5.74) is 0. The van der Waals surface area contributed by atoms with Crippen molar-refractivity contribution in [3.63, 3.8) is 0 Å². The number of rotatable bonds is 4. The Labute approximate surface area is 42.9 Å². The maximum atomic E-state index is 8.11. The van der Waals surface area contributed by atoms with Crippen molar-refractivity contribution in [1.29, 1.82) is 0 Å². The summed E-state index contributed by atoms with van der Waals surface area (Å²) in [5, 5.41) is 8.11. The van der Waals surface area contributed by atoms with Gasteiger partial charge in [0.15, 0.2) is 0 Å². The fraction of sp³-hybridized carbons (Fsp3) is 1.00. The fourth-order valence-corrected chi connectivity index (χ4v) is 0.207. The first-order valence-electron chi connectivity index (χ1n) is 2.09. The van der Waals surface area contributed by atoms with Crippen molar-refractivity contribution in [3.8, 4) is 0 Å². The van der Waals surface area contributed by atoms with E-state index in [1.807, 2.05) is 0 Å². The molecular weight excluding hydrogens is 96.0 g/mol. The molecular formula is C4H10O3. The molecule has 0 fully saturated rings. The zero-order valence-corrected chi connectivity index (χ0v) is 4.39. The van der Waals surface area contributed by atoms with Gasteiger partial charge in [0.25, 0.3) is 0 Å². The SMILES string of the molecule is COCOCCO. The van der Waals surface area contributed by atoms with E-state index in [0.29, 0.717) is 6.61 Å². The summed E-state index contributed by atoms with van der Waals surface area (Å²) < 4.78 is 9.17. The molecule has 0 unspecified atom stereocenters. The summed E-state index contributed by atoms with van der Waals surface area (Å²) in [6.07, 6.45) is 0. The predicted octanol–water partition coefficient (Wildman–Crippen LogP) is -0.401. The van der Waals surface area contributed by atoms with Crippen LogP contribution in [0.3, 0.4) is 0 Å². The van der Waals surface area contributed by atoms with Gasteiger partial charge in [-0.15, -0.1) is 0 Å². The summed E-state index contributed by atoms with van der Waals surface area (Å²) >= 11 is 0. The highest BCUT2D eigenvalue weighted by atomic mass is 16.7. The lowest BCUT2D eigenvalue weighted by Gasteiger charge is -1.96. The summed E-state index contributed by atoms with van der Waals surface area (Å²) in [4.78, 5) is 0. The number of ether oxygens (including phenoxy) is 2. The van der Waals surface area contributed by atoms with Gasteiger partial charge in [0.1, 0.15) is 6.79 Å². The van der Waals surface area contributed by atoms with Gasteiger partial charge in [0.2, 0.25) is 0 Å². The summed E-state index contributed by atoms with van der Waals surface area (Å²) in [7, 11) is 1.54. The van der Waals surface area contributed by atoms with Crippen LogP contribution < -0.4 is 0 Å². The van der Waals surface area contributed by atoms with Crippen LogP contribution in [0.2, 0.25) is 0 Å². The highest BCUT2D eigenvalue weighted by Gasteiger charge is 1.78. The topological polar surface area (TPSA) is 38.7 Å². The smallest absolute Gasteiger partial charge is 0.146 e. The first kappa shape index (κ1) is 6.88. The maximum absolute atomic E-state index is 8.11. The molecule has 0 heterocycles. The molecule has 0 aliphatic carbocycles. The van der Waals surface area contributed by atoms with Crippen LogP contribution >= 0.6 is 0 Å². The predicted molar refractivity (Wildman–Crippen MR) is 24.9 cm³/mol. The molecule has 0 aromatic carbocycles. The molecule has 3 nitrogen and oxygen atoms in total. The molecule has 0 saturated carbocycles. The average Bonchev–Trinajstić information content (AvgIpc) is 1.69. The standard InChI is InChI=1S/C4H10O3/c1-6-4-7-3-2-5/h5H,2-4H2,1H3. The molecule has 1 N–H and O–H groups in total. The van der Waals surface area contributed by atoms with Gasteiger partial charge in [0, 0.05) is 7.11 Å². The summed E-state index contributed by atoms with van der Waals surface area (Å²) in [6.45, 7) is 0.678. The van der Waals surface area contributed by atoms with Gasteiger partial charge in [-0.05, 0) is 0 Å². The lowest BCUT2D eigenvalue weighted by Crippen LogP contribution is -2.01. The van der Waals surface area contributed by atoms with Crippen molar-refractivity contribution in [1.82, 2.24) is 0 Å². The van der Waals surface area contributed by atoms with Crippen LogP contribution in [0.5, 0.6) is 0 Å². The second-order valence-electron chi connectivity index (χ2n) is 1.04. The largest absolute Gasteiger partial charge is 0.394 e. The minimum atomic E-state index is 0.0589. The third kappa shape index (κ3) is 5.88. The Kier molecular flexibility index (Phi) is 5.78. The van der Waals surface area contributed by atoms with Crippen LogP contribution in [0.25, 0.3) is 0 Å². The number of aliphatic hydroxyl groups excluding tert-OH is 1. The van der Waals surface area contributed by atoms with E-state index in [9.17, 15) is 0 Å². The van der Waals surface area contributed by atoms with Gasteiger partial charge in [-0.3, -0.25) is 0 Å². The van der Waals surface area contributed by atoms with Gasteiger partial charge in [-0.1, -0.05) is 0 Å². The molecule has 44 valence electrons. The number of hydrogen-bond acceptors (Lipinski definition) is 3. The molecule has 0 radical (unpaired) electrons. The molecule has 7 heavy (non-hydrogen) atoms. The van der Waals surface area contributed by atoms with Crippen LogP contribution in [0.15, 0.2) is 0 Å². The fourth-order valence-electron chi connectivity index (χ4n) is 0.207. The summed E-state index contributed by atoms with van der Waals surface area (Å²) in [6, 6.07) is 0. The molecule has 3 heteroatoms. The van der Waals surface area contributed by atoms with E-state index < -0.39 is 0 Å². The van der Waals surface area contributed by atoms with Crippen LogP contribution in [-0.4, -0.2) is 32.2 Å². The average molecular weight is 106 g/mol. The Morgan fingerprint density at radius 3 is 2.71 bits per heavy atom. The lowest BCUT2D eigenvalue weighted by atomic mass is 10.8. The first-order valence-corrected chi connectivity index (χ1v) is 2.09. The molecule has 0 aliphatic heterocycles. The normalized spacial score (nSPS) is 9.43. The highest BCUT2D eigenvalue weighted by Crippen LogP contribution is 1.70. The Morgan fingerprint density at radius 1 is 1.57 bits per heavy atom. The second-order valence-corrected chi connectivity index (χ2v) is 1.04. The van der Waals surface area contributed by atoms with Gasteiger partial charge in [-0.2, -0.15) is 0 Å². The van der Waals surface area contributed by atoms with Crippen molar-refractivity contribution >= 4 is 0 Å². The molecule has 0 spiro atoms. The zero-order valence-electron chi connectivity index (χ0n) is 4.39. The lowest BCUT2D eigenvalue weighted by molar-refractivity contribution is -0.0411. The Balaban J connectivity index is 2.45. The molecule has 0 amide bonds. The van der Waals surface area contributed by atoms with E-state index in [4.69, 9.17) is 5.11 Å². The summed E-state index contributed by atoms with van der Waals surface area (Å²) in [5.74, 6) is 0. The molecule has 0 aliphatic rings. The Hall–Kier alpha value is -0.120.